The number of halogens is 1. The first kappa shape index (κ1) is 26.3. The van der Waals surface area contributed by atoms with Crippen molar-refractivity contribution in [3.63, 3.8) is 0 Å². The van der Waals surface area contributed by atoms with Crippen molar-refractivity contribution in [1.29, 1.82) is 0 Å². The molecule has 2 atom stereocenters. The number of alkyl carbamates (subject to hydrolysis) is 1. The van der Waals surface area contributed by atoms with Crippen molar-refractivity contribution in [2.75, 3.05) is 43.5 Å². The second-order valence-corrected chi connectivity index (χ2v) is 9.94. The van der Waals surface area contributed by atoms with E-state index in [1.807, 2.05) is 0 Å². The molecule has 1 aromatic heterocycles. The standard InChI is InChI=1S/C16H21ClN6O8S2/c1-30-23-12(9-7-32-15(20-9)21-10(24)5-17)14(26)22-11-8(19-13(11)25)6-18-16(27)31-3-4-33(2,28)29/h7-8,11H,3-6H2,1-2H3,(H,18,27)(H,19,25)(H,22,26)(H,20,21,24)/t8-,11+/m0/s1. The Morgan fingerprint density at radius 2 is 2.09 bits per heavy atom. The summed E-state index contributed by atoms with van der Waals surface area (Å²) in [6.45, 7) is -0.407. The molecule has 0 aliphatic carbocycles. The lowest BCUT2D eigenvalue weighted by molar-refractivity contribution is -0.134. The minimum atomic E-state index is -3.28. The van der Waals surface area contributed by atoms with Crippen LogP contribution >= 0.6 is 22.9 Å². The minimum absolute atomic E-state index is 0.0868. The molecule has 0 bridgehead atoms. The SMILES string of the molecule is CON=C(C(=O)N[C@H]1C(=O)N[C@H]1CNC(=O)OCCS(C)(=O)=O)c1csc(NC(=O)CCl)n1. The van der Waals surface area contributed by atoms with Crippen molar-refractivity contribution in [3.8, 4) is 0 Å². The van der Waals surface area contributed by atoms with E-state index < -0.39 is 45.7 Å². The number of aromatic nitrogens is 1. The van der Waals surface area contributed by atoms with E-state index in [2.05, 4.69) is 36.2 Å². The maximum Gasteiger partial charge on any atom is 0.407 e. The van der Waals surface area contributed by atoms with Crippen LogP contribution in [-0.2, 0) is 33.8 Å². The summed E-state index contributed by atoms with van der Waals surface area (Å²) >= 11 is 6.45. The van der Waals surface area contributed by atoms with Crippen molar-refractivity contribution in [3.05, 3.63) is 11.1 Å². The molecule has 4 N–H and O–H groups in total. The topological polar surface area (TPSA) is 194 Å². The van der Waals surface area contributed by atoms with Gasteiger partial charge in [0, 0.05) is 18.2 Å². The number of anilines is 1. The number of amides is 4. The number of rotatable bonds is 11. The zero-order valence-corrected chi connectivity index (χ0v) is 19.8. The zero-order chi connectivity index (χ0) is 24.6. The maximum atomic E-state index is 12.7. The first-order chi connectivity index (χ1) is 15.5. The molecule has 0 spiro atoms. The molecule has 1 fully saturated rings. The highest BCUT2D eigenvalue weighted by Gasteiger charge is 2.41. The Labute approximate surface area is 197 Å². The Kier molecular flexibility index (Phi) is 9.36. The van der Waals surface area contributed by atoms with Gasteiger partial charge in [-0.15, -0.1) is 22.9 Å². The Bertz CT molecular complexity index is 1040. The largest absolute Gasteiger partial charge is 0.448 e. The van der Waals surface area contributed by atoms with Crippen LogP contribution in [0.1, 0.15) is 5.69 Å². The van der Waals surface area contributed by atoms with Gasteiger partial charge >= 0.3 is 6.09 Å². The average Bonchev–Trinajstić information content (AvgIpc) is 3.19. The minimum Gasteiger partial charge on any atom is -0.448 e. The number of carbonyl (C=O) groups excluding carboxylic acids is 4. The van der Waals surface area contributed by atoms with Crippen LogP contribution in [0.4, 0.5) is 9.93 Å². The average molecular weight is 525 g/mol. The van der Waals surface area contributed by atoms with Gasteiger partial charge in [-0.25, -0.2) is 18.2 Å². The van der Waals surface area contributed by atoms with Crippen LogP contribution in [0, 0.1) is 0 Å². The number of thiazole rings is 1. The Morgan fingerprint density at radius 3 is 2.70 bits per heavy atom. The van der Waals surface area contributed by atoms with Crippen molar-refractivity contribution < 1.29 is 37.2 Å². The Morgan fingerprint density at radius 1 is 1.36 bits per heavy atom. The summed E-state index contributed by atoms with van der Waals surface area (Å²) in [5, 5.41) is 15.1. The fraction of sp³-hybridized carbons (Fsp3) is 0.500. The molecule has 1 aromatic rings. The molecule has 1 aliphatic heterocycles. The van der Waals surface area contributed by atoms with Crippen LogP contribution in [0.5, 0.6) is 0 Å². The fourth-order valence-corrected chi connectivity index (χ4v) is 3.57. The molecular formula is C16H21ClN6O8S2. The molecule has 182 valence electrons. The van der Waals surface area contributed by atoms with Gasteiger partial charge in [-0.05, 0) is 0 Å². The van der Waals surface area contributed by atoms with Crippen molar-refractivity contribution in [2.24, 2.45) is 5.16 Å². The van der Waals surface area contributed by atoms with Gasteiger partial charge < -0.3 is 30.8 Å². The third kappa shape index (κ3) is 8.14. The third-order valence-corrected chi connectivity index (χ3v) is 5.87. The van der Waals surface area contributed by atoms with Gasteiger partial charge in [-0.1, -0.05) is 5.16 Å². The number of hydrogen-bond donors (Lipinski definition) is 4. The van der Waals surface area contributed by atoms with Gasteiger partial charge in [-0.2, -0.15) is 0 Å². The van der Waals surface area contributed by atoms with Crippen LogP contribution < -0.4 is 21.3 Å². The number of β-lactam (4-membered cyclic amide) rings is 1. The highest BCUT2D eigenvalue weighted by molar-refractivity contribution is 7.90. The second kappa shape index (κ2) is 11.8. The number of oxime groups is 1. The van der Waals surface area contributed by atoms with E-state index >= 15 is 0 Å². The van der Waals surface area contributed by atoms with E-state index in [0.717, 1.165) is 17.6 Å². The fourth-order valence-electron chi connectivity index (χ4n) is 2.41. The number of hydrogen-bond acceptors (Lipinski definition) is 11. The molecule has 0 saturated carbocycles. The lowest BCUT2D eigenvalue weighted by Crippen LogP contribution is -2.72. The van der Waals surface area contributed by atoms with E-state index in [-0.39, 0.29) is 41.3 Å². The number of alkyl halides is 1. The van der Waals surface area contributed by atoms with Gasteiger partial charge in [0.25, 0.3) is 5.91 Å². The van der Waals surface area contributed by atoms with E-state index in [1.54, 1.807) is 0 Å². The lowest BCUT2D eigenvalue weighted by atomic mass is 9.98. The van der Waals surface area contributed by atoms with Crippen LogP contribution in [0.2, 0.25) is 0 Å². The molecule has 14 nitrogen and oxygen atoms in total. The molecular weight excluding hydrogens is 504 g/mol. The molecule has 1 aliphatic rings. The summed E-state index contributed by atoms with van der Waals surface area (Å²) in [5.74, 6) is -2.35. The maximum absolute atomic E-state index is 12.7. The number of ether oxygens (including phenoxy) is 1. The number of nitrogens with one attached hydrogen (secondary N) is 4. The summed E-state index contributed by atoms with van der Waals surface area (Å²) in [6.07, 6.45) is 0.134. The lowest BCUT2D eigenvalue weighted by Gasteiger charge is -2.36. The van der Waals surface area contributed by atoms with Crippen LogP contribution in [0.3, 0.4) is 0 Å². The normalized spacial score (nSPS) is 17.9. The molecule has 0 unspecified atom stereocenters. The van der Waals surface area contributed by atoms with Crippen molar-refractivity contribution in [2.45, 2.75) is 12.1 Å². The second-order valence-electron chi connectivity index (χ2n) is 6.56. The van der Waals surface area contributed by atoms with Crippen LogP contribution in [0.25, 0.3) is 0 Å². The number of carbonyl (C=O) groups is 4. The van der Waals surface area contributed by atoms with Gasteiger partial charge in [0.1, 0.15) is 31.3 Å². The molecule has 33 heavy (non-hydrogen) atoms. The van der Waals surface area contributed by atoms with Crippen LogP contribution in [-0.4, -0.2) is 93.2 Å². The van der Waals surface area contributed by atoms with E-state index in [9.17, 15) is 27.6 Å². The summed E-state index contributed by atoms with van der Waals surface area (Å²) in [7, 11) is -2.06. The Hall–Kier alpha value is -2.98. The molecule has 1 saturated heterocycles. The van der Waals surface area contributed by atoms with Crippen LogP contribution in [0.15, 0.2) is 10.5 Å². The summed E-state index contributed by atoms with van der Waals surface area (Å²) in [5.41, 5.74) is -0.153. The molecule has 0 aromatic carbocycles. The first-order valence-corrected chi connectivity index (χ1v) is 12.6. The van der Waals surface area contributed by atoms with E-state index in [4.69, 9.17) is 16.3 Å². The molecule has 4 amide bonds. The summed E-state index contributed by atoms with van der Waals surface area (Å²) < 4.78 is 26.8. The van der Waals surface area contributed by atoms with Gasteiger partial charge in [0.2, 0.25) is 11.8 Å². The van der Waals surface area contributed by atoms with E-state index in [1.165, 1.54) is 12.5 Å². The quantitative estimate of drug-likeness (QED) is 0.114. The zero-order valence-electron chi connectivity index (χ0n) is 17.4. The first-order valence-electron chi connectivity index (χ1n) is 9.16. The van der Waals surface area contributed by atoms with Crippen molar-refractivity contribution >= 4 is 67.4 Å². The number of sulfone groups is 1. The molecule has 2 heterocycles. The van der Waals surface area contributed by atoms with Gasteiger partial charge in [-0.3, -0.25) is 14.4 Å². The van der Waals surface area contributed by atoms with E-state index in [0.29, 0.717) is 0 Å². The third-order valence-electron chi connectivity index (χ3n) is 3.96. The molecule has 17 heteroatoms. The molecule has 2 rings (SSSR count). The number of nitrogens with zero attached hydrogens (tertiary/aromatic N) is 2. The summed E-state index contributed by atoms with van der Waals surface area (Å²) in [4.78, 5) is 56.4. The molecule has 0 radical (unpaired) electrons. The predicted octanol–water partition coefficient (Wildman–Crippen LogP) is -1.58. The smallest absolute Gasteiger partial charge is 0.407 e. The van der Waals surface area contributed by atoms with Gasteiger partial charge in [0.15, 0.2) is 20.7 Å². The van der Waals surface area contributed by atoms with Gasteiger partial charge in [0.05, 0.1) is 11.8 Å². The van der Waals surface area contributed by atoms with Crippen molar-refractivity contribution in [1.82, 2.24) is 20.9 Å². The monoisotopic (exact) mass is 524 g/mol. The Balaban J connectivity index is 1.93. The highest BCUT2D eigenvalue weighted by Crippen LogP contribution is 2.17. The predicted molar refractivity (Wildman–Crippen MR) is 118 cm³/mol. The highest BCUT2D eigenvalue weighted by atomic mass is 35.5. The summed E-state index contributed by atoms with van der Waals surface area (Å²) in [6, 6.07) is -1.65.